The van der Waals surface area contributed by atoms with E-state index in [0.717, 1.165) is 16.9 Å². The summed E-state index contributed by atoms with van der Waals surface area (Å²) in [5, 5.41) is 2.76. The average Bonchev–Trinajstić information content (AvgIpc) is 2.77. The van der Waals surface area contributed by atoms with E-state index in [4.69, 9.17) is 9.47 Å². The van der Waals surface area contributed by atoms with Crippen molar-refractivity contribution >= 4 is 11.6 Å². The van der Waals surface area contributed by atoms with E-state index < -0.39 is 0 Å². The summed E-state index contributed by atoms with van der Waals surface area (Å²) in [6.07, 6.45) is 3.59. The Morgan fingerprint density at radius 3 is 2.47 bits per heavy atom. The standard InChI is InChI=1S/C24H24N2O4/c1-5-16-13-17(15-26(3)24(16)28)21-14-18(25-23(27)6-2)7-12-22(21)30-20-10-8-19(29-4)9-11-20/h6-15H,2,5H2,1,3-4H3,(H,25,27). The van der Waals surface area contributed by atoms with Crippen LogP contribution in [-0.4, -0.2) is 17.6 Å². The number of pyridine rings is 1. The number of hydrogen-bond donors (Lipinski definition) is 1. The smallest absolute Gasteiger partial charge is 0.253 e. The summed E-state index contributed by atoms with van der Waals surface area (Å²) in [7, 11) is 3.33. The number of aromatic nitrogens is 1. The molecule has 0 fully saturated rings. The number of carbonyl (C=O) groups excluding carboxylic acids is 1. The van der Waals surface area contributed by atoms with Crippen molar-refractivity contribution in [1.29, 1.82) is 0 Å². The lowest BCUT2D eigenvalue weighted by molar-refractivity contribution is -0.111. The second kappa shape index (κ2) is 9.13. The van der Waals surface area contributed by atoms with E-state index in [1.807, 2.05) is 43.3 Å². The minimum Gasteiger partial charge on any atom is -0.497 e. The molecule has 0 radical (unpaired) electrons. The third-order valence-corrected chi connectivity index (χ3v) is 4.67. The van der Waals surface area contributed by atoms with Crippen LogP contribution >= 0.6 is 0 Å². The molecule has 0 saturated carbocycles. The highest BCUT2D eigenvalue weighted by Gasteiger charge is 2.13. The van der Waals surface area contributed by atoms with Gasteiger partial charge >= 0.3 is 0 Å². The van der Waals surface area contributed by atoms with Crippen LogP contribution in [0, 0.1) is 0 Å². The minimum atomic E-state index is -0.306. The Morgan fingerprint density at radius 1 is 1.13 bits per heavy atom. The van der Waals surface area contributed by atoms with Gasteiger partial charge in [0.15, 0.2) is 0 Å². The van der Waals surface area contributed by atoms with Gasteiger partial charge in [0.2, 0.25) is 5.91 Å². The van der Waals surface area contributed by atoms with Crippen molar-refractivity contribution in [3.63, 3.8) is 0 Å². The Balaban J connectivity index is 2.09. The van der Waals surface area contributed by atoms with Crippen LogP contribution in [0.2, 0.25) is 0 Å². The summed E-state index contributed by atoms with van der Waals surface area (Å²) >= 11 is 0. The largest absolute Gasteiger partial charge is 0.497 e. The molecular formula is C24H24N2O4. The lowest BCUT2D eigenvalue weighted by atomic mass is 10.0. The van der Waals surface area contributed by atoms with Crippen molar-refractivity contribution in [1.82, 2.24) is 4.57 Å². The topological polar surface area (TPSA) is 69.6 Å². The fourth-order valence-electron chi connectivity index (χ4n) is 3.07. The van der Waals surface area contributed by atoms with Gasteiger partial charge in [-0.2, -0.15) is 0 Å². The number of methoxy groups -OCH3 is 1. The van der Waals surface area contributed by atoms with Crippen LogP contribution in [0.15, 0.2) is 72.2 Å². The van der Waals surface area contributed by atoms with Crippen molar-refractivity contribution < 1.29 is 14.3 Å². The molecule has 6 nitrogen and oxygen atoms in total. The van der Waals surface area contributed by atoms with Gasteiger partial charge in [-0.25, -0.2) is 0 Å². The van der Waals surface area contributed by atoms with Crippen molar-refractivity contribution in [3.05, 3.63) is 83.3 Å². The molecule has 0 saturated heterocycles. The van der Waals surface area contributed by atoms with Crippen molar-refractivity contribution in [3.8, 4) is 28.4 Å². The van der Waals surface area contributed by atoms with Crippen LogP contribution in [0.3, 0.4) is 0 Å². The summed E-state index contributed by atoms with van der Waals surface area (Å²) in [4.78, 5) is 24.1. The summed E-state index contributed by atoms with van der Waals surface area (Å²) in [6, 6.07) is 14.5. The molecule has 0 aliphatic rings. The maximum atomic E-state index is 12.3. The van der Waals surface area contributed by atoms with E-state index >= 15 is 0 Å². The quantitative estimate of drug-likeness (QED) is 0.587. The van der Waals surface area contributed by atoms with Crippen LogP contribution in [-0.2, 0) is 18.3 Å². The molecule has 0 aliphatic heterocycles. The number of anilines is 1. The SMILES string of the molecule is C=CC(=O)Nc1ccc(Oc2ccc(OC)cc2)c(-c2cc(CC)c(=O)n(C)c2)c1. The predicted octanol–water partition coefficient (Wildman–Crippen LogP) is 4.54. The van der Waals surface area contributed by atoms with Crippen LogP contribution in [0.5, 0.6) is 17.2 Å². The molecule has 0 spiro atoms. The van der Waals surface area contributed by atoms with E-state index in [0.29, 0.717) is 29.2 Å². The number of benzene rings is 2. The molecule has 0 bridgehead atoms. The molecule has 1 N–H and O–H groups in total. The van der Waals surface area contributed by atoms with E-state index in [2.05, 4.69) is 11.9 Å². The predicted molar refractivity (Wildman–Crippen MR) is 118 cm³/mol. The molecule has 1 aromatic heterocycles. The Kier molecular flexibility index (Phi) is 6.37. The number of nitrogens with zero attached hydrogens (tertiary/aromatic N) is 1. The van der Waals surface area contributed by atoms with Gasteiger partial charge < -0.3 is 19.4 Å². The van der Waals surface area contributed by atoms with Crippen LogP contribution in [0.1, 0.15) is 12.5 Å². The lowest BCUT2D eigenvalue weighted by Crippen LogP contribution is -2.20. The molecule has 1 amide bonds. The van der Waals surface area contributed by atoms with Gasteiger partial charge in [-0.15, -0.1) is 0 Å². The molecule has 2 aromatic carbocycles. The molecule has 30 heavy (non-hydrogen) atoms. The van der Waals surface area contributed by atoms with Crippen LogP contribution in [0.4, 0.5) is 5.69 Å². The Hall–Kier alpha value is -3.80. The van der Waals surface area contributed by atoms with E-state index in [1.54, 1.807) is 37.1 Å². The van der Waals surface area contributed by atoms with Crippen molar-refractivity contribution in [2.24, 2.45) is 7.05 Å². The van der Waals surface area contributed by atoms with E-state index in [1.165, 1.54) is 6.08 Å². The highest BCUT2D eigenvalue weighted by molar-refractivity contribution is 5.99. The minimum absolute atomic E-state index is 0.0324. The normalized spacial score (nSPS) is 10.4. The monoisotopic (exact) mass is 404 g/mol. The second-order valence-corrected chi connectivity index (χ2v) is 6.71. The molecule has 3 aromatic rings. The number of hydrogen-bond acceptors (Lipinski definition) is 4. The summed E-state index contributed by atoms with van der Waals surface area (Å²) in [6.45, 7) is 5.42. The Morgan fingerprint density at radius 2 is 1.83 bits per heavy atom. The third kappa shape index (κ3) is 4.60. The van der Waals surface area contributed by atoms with Gasteiger partial charge in [-0.1, -0.05) is 13.5 Å². The van der Waals surface area contributed by atoms with Crippen molar-refractivity contribution in [2.45, 2.75) is 13.3 Å². The maximum absolute atomic E-state index is 12.3. The summed E-state index contributed by atoms with van der Waals surface area (Å²) in [5.41, 5.74) is 2.83. The van der Waals surface area contributed by atoms with Crippen LogP contribution in [0.25, 0.3) is 11.1 Å². The molecule has 3 rings (SSSR count). The zero-order chi connectivity index (χ0) is 21.7. The summed E-state index contributed by atoms with van der Waals surface area (Å²) in [5.74, 6) is 1.66. The van der Waals surface area contributed by atoms with Gasteiger partial charge in [0, 0.05) is 35.6 Å². The summed E-state index contributed by atoms with van der Waals surface area (Å²) < 4.78 is 12.9. The fourth-order valence-corrected chi connectivity index (χ4v) is 3.07. The first-order chi connectivity index (χ1) is 14.4. The molecule has 0 unspecified atom stereocenters. The first kappa shape index (κ1) is 20.9. The zero-order valence-corrected chi connectivity index (χ0v) is 17.3. The van der Waals surface area contributed by atoms with Gasteiger partial charge in [-0.3, -0.25) is 9.59 Å². The average molecular weight is 404 g/mol. The van der Waals surface area contributed by atoms with Gasteiger partial charge in [0.25, 0.3) is 5.56 Å². The first-order valence-electron chi connectivity index (χ1n) is 9.54. The fraction of sp³-hybridized carbons (Fsp3) is 0.167. The lowest BCUT2D eigenvalue weighted by Gasteiger charge is -2.15. The van der Waals surface area contributed by atoms with Crippen molar-refractivity contribution in [2.75, 3.05) is 12.4 Å². The molecule has 6 heteroatoms. The number of carbonyl (C=O) groups is 1. The zero-order valence-electron chi connectivity index (χ0n) is 17.3. The van der Waals surface area contributed by atoms with Crippen LogP contribution < -0.4 is 20.3 Å². The molecule has 1 heterocycles. The third-order valence-electron chi connectivity index (χ3n) is 4.67. The Labute approximate surface area is 175 Å². The molecular weight excluding hydrogens is 380 g/mol. The van der Waals surface area contributed by atoms with E-state index in [-0.39, 0.29) is 11.5 Å². The molecule has 0 aliphatic carbocycles. The van der Waals surface area contributed by atoms with Gasteiger partial charge in [0.1, 0.15) is 17.2 Å². The van der Waals surface area contributed by atoms with Gasteiger partial charge in [0.05, 0.1) is 7.11 Å². The Bertz CT molecular complexity index is 1130. The number of nitrogens with one attached hydrogen (secondary N) is 1. The second-order valence-electron chi connectivity index (χ2n) is 6.71. The highest BCUT2D eigenvalue weighted by Crippen LogP contribution is 2.36. The number of aryl methyl sites for hydroxylation is 2. The maximum Gasteiger partial charge on any atom is 0.253 e. The first-order valence-corrected chi connectivity index (χ1v) is 9.54. The number of amides is 1. The highest BCUT2D eigenvalue weighted by atomic mass is 16.5. The molecule has 154 valence electrons. The van der Waals surface area contributed by atoms with Gasteiger partial charge in [-0.05, 0) is 61.0 Å². The van der Waals surface area contributed by atoms with E-state index in [9.17, 15) is 9.59 Å². The number of ether oxygens (including phenoxy) is 2. The number of rotatable bonds is 7. The molecule has 0 atom stereocenters.